The SMILES string of the molecule is CCC(N)Cc1ccc(C)c(Oc2cccc(Cl)c2F)c1. The van der Waals surface area contributed by atoms with Crippen molar-refractivity contribution in [1.82, 2.24) is 0 Å². The monoisotopic (exact) mass is 307 g/mol. The van der Waals surface area contributed by atoms with Gasteiger partial charge >= 0.3 is 0 Å². The summed E-state index contributed by atoms with van der Waals surface area (Å²) in [5, 5.41) is 0.0503. The Bertz CT molecular complexity index is 630. The normalized spacial score (nSPS) is 12.2. The van der Waals surface area contributed by atoms with Crippen LogP contribution < -0.4 is 10.5 Å². The molecule has 0 saturated carbocycles. The highest BCUT2D eigenvalue weighted by Gasteiger charge is 2.11. The molecule has 0 heterocycles. The summed E-state index contributed by atoms with van der Waals surface area (Å²) < 4.78 is 19.6. The van der Waals surface area contributed by atoms with Gasteiger partial charge in [-0.2, -0.15) is 0 Å². The summed E-state index contributed by atoms with van der Waals surface area (Å²) in [6, 6.07) is 10.7. The van der Waals surface area contributed by atoms with Crippen molar-refractivity contribution in [3.63, 3.8) is 0 Å². The molecule has 0 bridgehead atoms. The second-order valence-corrected chi connectivity index (χ2v) is 5.53. The first-order valence-electron chi connectivity index (χ1n) is 6.98. The molecular weight excluding hydrogens is 289 g/mol. The lowest BCUT2D eigenvalue weighted by Crippen LogP contribution is -2.21. The number of halogens is 2. The Hall–Kier alpha value is -1.58. The van der Waals surface area contributed by atoms with E-state index >= 15 is 0 Å². The van der Waals surface area contributed by atoms with Gasteiger partial charge in [-0.25, -0.2) is 4.39 Å². The minimum absolute atomic E-state index is 0.0503. The first-order valence-corrected chi connectivity index (χ1v) is 7.36. The predicted molar refractivity (Wildman–Crippen MR) is 84.6 cm³/mol. The lowest BCUT2D eigenvalue weighted by molar-refractivity contribution is 0.439. The molecular formula is C17H19ClFNO. The van der Waals surface area contributed by atoms with Crippen LogP contribution in [0.15, 0.2) is 36.4 Å². The fourth-order valence-corrected chi connectivity index (χ4v) is 2.18. The van der Waals surface area contributed by atoms with Crippen LogP contribution in [0.1, 0.15) is 24.5 Å². The number of aryl methyl sites for hydroxylation is 1. The minimum Gasteiger partial charge on any atom is -0.454 e. The van der Waals surface area contributed by atoms with Crippen molar-refractivity contribution in [3.05, 3.63) is 58.4 Å². The molecule has 0 amide bonds. The van der Waals surface area contributed by atoms with Crippen molar-refractivity contribution in [3.8, 4) is 11.5 Å². The molecule has 0 aliphatic heterocycles. The number of hydrogen-bond acceptors (Lipinski definition) is 2. The molecule has 2 aromatic carbocycles. The van der Waals surface area contributed by atoms with E-state index < -0.39 is 5.82 Å². The molecule has 1 unspecified atom stereocenters. The molecule has 0 aromatic heterocycles. The number of nitrogens with two attached hydrogens (primary N) is 1. The van der Waals surface area contributed by atoms with Gasteiger partial charge in [-0.3, -0.25) is 0 Å². The number of ether oxygens (including phenoxy) is 1. The molecule has 0 aliphatic rings. The lowest BCUT2D eigenvalue weighted by atomic mass is 10.0. The van der Waals surface area contributed by atoms with Gasteiger partial charge in [-0.15, -0.1) is 0 Å². The zero-order valence-corrected chi connectivity index (χ0v) is 13.0. The van der Waals surface area contributed by atoms with Gasteiger partial charge in [0.05, 0.1) is 5.02 Å². The van der Waals surface area contributed by atoms with Crippen molar-refractivity contribution in [2.24, 2.45) is 5.73 Å². The van der Waals surface area contributed by atoms with Crippen LogP contribution in [0.25, 0.3) is 0 Å². The van der Waals surface area contributed by atoms with Crippen LogP contribution in [0.3, 0.4) is 0 Å². The maximum Gasteiger partial charge on any atom is 0.184 e. The molecule has 112 valence electrons. The molecule has 0 spiro atoms. The van der Waals surface area contributed by atoms with E-state index in [0.717, 1.165) is 24.0 Å². The van der Waals surface area contributed by atoms with Gasteiger partial charge in [0.1, 0.15) is 5.75 Å². The van der Waals surface area contributed by atoms with E-state index in [1.807, 2.05) is 25.1 Å². The first kappa shape index (κ1) is 15.8. The third-order valence-electron chi connectivity index (χ3n) is 3.41. The Kier molecular flexibility index (Phi) is 5.21. The molecule has 4 heteroatoms. The topological polar surface area (TPSA) is 35.2 Å². The van der Waals surface area contributed by atoms with Crippen LogP contribution in [0.4, 0.5) is 4.39 Å². The highest BCUT2D eigenvalue weighted by molar-refractivity contribution is 6.30. The van der Waals surface area contributed by atoms with Gasteiger partial charge in [0.25, 0.3) is 0 Å². The van der Waals surface area contributed by atoms with Crippen molar-refractivity contribution < 1.29 is 9.13 Å². The zero-order valence-electron chi connectivity index (χ0n) is 12.2. The second-order valence-electron chi connectivity index (χ2n) is 5.13. The second kappa shape index (κ2) is 6.92. The van der Waals surface area contributed by atoms with Gasteiger partial charge in [0, 0.05) is 6.04 Å². The largest absolute Gasteiger partial charge is 0.454 e. The van der Waals surface area contributed by atoms with Gasteiger partial charge in [0.15, 0.2) is 11.6 Å². The Balaban J connectivity index is 2.26. The van der Waals surface area contributed by atoms with Crippen molar-refractivity contribution in [2.75, 3.05) is 0 Å². The van der Waals surface area contributed by atoms with E-state index in [4.69, 9.17) is 22.1 Å². The van der Waals surface area contributed by atoms with E-state index in [0.29, 0.717) is 5.75 Å². The Labute approximate surface area is 129 Å². The first-order chi connectivity index (χ1) is 10.0. The summed E-state index contributed by atoms with van der Waals surface area (Å²) >= 11 is 5.77. The van der Waals surface area contributed by atoms with Gasteiger partial charge < -0.3 is 10.5 Å². The van der Waals surface area contributed by atoms with Gasteiger partial charge in [0.2, 0.25) is 0 Å². The summed E-state index contributed by atoms with van der Waals surface area (Å²) in [7, 11) is 0. The predicted octanol–water partition coefficient (Wildman–Crippen LogP) is 4.86. The number of hydrogen-bond donors (Lipinski definition) is 1. The highest BCUT2D eigenvalue weighted by Crippen LogP contribution is 2.31. The molecule has 0 saturated heterocycles. The maximum atomic E-state index is 13.9. The highest BCUT2D eigenvalue weighted by atomic mass is 35.5. The Morgan fingerprint density at radius 1 is 1.24 bits per heavy atom. The van der Waals surface area contributed by atoms with E-state index in [2.05, 4.69) is 6.92 Å². The van der Waals surface area contributed by atoms with E-state index in [1.54, 1.807) is 12.1 Å². The maximum absolute atomic E-state index is 13.9. The molecule has 0 aliphatic carbocycles. The fourth-order valence-electron chi connectivity index (χ4n) is 2.01. The average molecular weight is 308 g/mol. The van der Waals surface area contributed by atoms with Crippen LogP contribution in [0.5, 0.6) is 11.5 Å². The molecule has 0 fully saturated rings. The van der Waals surface area contributed by atoms with Crippen LogP contribution in [-0.4, -0.2) is 6.04 Å². The Morgan fingerprint density at radius 3 is 2.71 bits per heavy atom. The summed E-state index contributed by atoms with van der Waals surface area (Å²) in [6.45, 7) is 3.97. The van der Waals surface area contributed by atoms with Gasteiger partial charge in [-0.1, -0.05) is 36.7 Å². The average Bonchev–Trinajstić information content (AvgIpc) is 2.47. The van der Waals surface area contributed by atoms with Gasteiger partial charge in [-0.05, 0) is 49.1 Å². The molecule has 2 nitrogen and oxygen atoms in total. The molecule has 1 atom stereocenters. The van der Waals surface area contributed by atoms with E-state index in [9.17, 15) is 4.39 Å². The molecule has 2 N–H and O–H groups in total. The standard InChI is InChI=1S/C17H19ClFNO/c1-3-13(20)9-12-8-7-11(2)16(10-12)21-15-6-4-5-14(18)17(15)19/h4-8,10,13H,3,9,20H2,1-2H3. The molecule has 2 rings (SSSR count). The van der Waals surface area contributed by atoms with Crippen LogP contribution in [0, 0.1) is 12.7 Å². The van der Waals surface area contributed by atoms with E-state index in [1.165, 1.54) is 6.07 Å². The van der Waals surface area contributed by atoms with Crippen molar-refractivity contribution in [1.29, 1.82) is 0 Å². The summed E-state index contributed by atoms with van der Waals surface area (Å²) in [5.74, 6) is 0.203. The molecule has 2 aromatic rings. The third-order valence-corrected chi connectivity index (χ3v) is 3.70. The summed E-state index contributed by atoms with van der Waals surface area (Å²) in [4.78, 5) is 0. The lowest BCUT2D eigenvalue weighted by Gasteiger charge is -2.13. The number of benzene rings is 2. The molecule has 0 radical (unpaired) electrons. The minimum atomic E-state index is -0.547. The van der Waals surface area contributed by atoms with Crippen LogP contribution >= 0.6 is 11.6 Å². The zero-order chi connectivity index (χ0) is 15.4. The quantitative estimate of drug-likeness (QED) is 0.856. The molecule has 21 heavy (non-hydrogen) atoms. The van der Waals surface area contributed by atoms with Crippen LogP contribution in [0.2, 0.25) is 5.02 Å². The van der Waals surface area contributed by atoms with Crippen molar-refractivity contribution in [2.45, 2.75) is 32.7 Å². The number of rotatable bonds is 5. The van der Waals surface area contributed by atoms with Crippen molar-refractivity contribution >= 4 is 11.6 Å². The summed E-state index contributed by atoms with van der Waals surface area (Å²) in [5.41, 5.74) is 7.98. The summed E-state index contributed by atoms with van der Waals surface area (Å²) in [6.07, 6.45) is 1.68. The third kappa shape index (κ3) is 3.96. The Morgan fingerprint density at radius 2 is 2.00 bits per heavy atom. The van der Waals surface area contributed by atoms with E-state index in [-0.39, 0.29) is 16.8 Å². The smallest absolute Gasteiger partial charge is 0.184 e. The van der Waals surface area contributed by atoms with Crippen LogP contribution in [-0.2, 0) is 6.42 Å². The fraction of sp³-hybridized carbons (Fsp3) is 0.294.